The Labute approximate surface area is 104 Å². The van der Waals surface area contributed by atoms with Gasteiger partial charge in [0.05, 0.1) is 6.61 Å². The van der Waals surface area contributed by atoms with Gasteiger partial charge < -0.3 is 5.73 Å². The molecule has 0 unspecified atom stereocenters. The van der Waals surface area contributed by atoms with Crippen LogP contribution in [-0.4, -0.2) is 18.4 Å². The highest BCUT2D eigenvalue weighted by Crippen LogP contribution is 2.20. The quantitative estimate of drug-likeness (QED) is 0.610. The highest BCUT2D eigenvalue weighted by Gasteiger charge is 2.11. The predicted molar refractivity (Wildman–Crippen MR) is 63.4 cm³/mol. The number of carbonyl (C=O) groups excluding carboxylic acids is 2. The molecule has 0 spiro atoms. The van der Waals surface area contributed by atoms with Crippen LogP contribution in [0.25, 0.3) is 0 Å². The molecular weight excluding hydrogens is 244 g/mol. The third-order valence-corrected chi connectivity index (χ3v) is 2.41. The monoisotopic (exact) mass is 256 g/mol. The summed E-state index contributed by atoms with van der Waals surface area (Å²) < 4.78 is 0. The average molecular weight is 257 g/mol. The molecule has 6 heteroatoms. The summed E-state index contributed by atoms with van der Waals surface area (Å²) in [6.07, 6.45) is 0.387. The van der Waals surface area contributed by atoms with Crippen molar-refractivity contribution in [2.45, 2.75) is 13.3 Å². The largest absolute Gasteiger partial charge is 0.366 e. The molecule has 0 saturated carbocycles. The Kier molecular flexibility index (Phi) is 4.93. The minimum Gasteiger partial charge on any atom is -0.366 e. The van der Waals surface area contributed by atoms with Crippen LogP contribution in [0.2, 0.25) is 5.02 Å². The topological polar surface area (TPSA) is 81.4 Å². The van der Waals surface area contributed by atoms with E-state index in [0.29, 0.717) is 22.6 Å². The number of nitrogens with two attached hydrogens (primary N) is 1. The molecule has 1 aromatic rings. The molecule has 0 fully saturated rings. The molecule has 0 aliphatic carbocycles. The molecule has 2 amide bonds. The zero-order chi connectivity index (χ0) is 12.8. The van der Waals surface area contributed by atoms with Crippen molar-refractivity contribution in [3.05, 3.63) is 34.3 Å². The van der Waals surface area contributed by atoms with Crippen molar-refractivity contribution in [3.63, 3.8) is 0 Å². The van der Waals surface area contributed by atoms with E-state index in [2.05, 4.69) is 5.48 Å². The van der Waals surface area contributed by atoms with Gasteiger partial charge in [-0.25, -0.2) is 5.48 Å². The summed E-state index contributed by atoms with van der Waals surface area (Å²) >= 11 is 5.96. The first-order valence-corrected chi connectivity index (χ1v) is 5.35. The van der Waals surface area contributed by atoms with Gasteiger partial charge in [-0.1, -0.05) is 17.7 Å². The van der Waals surface area contributed by atoms with Crippen molar-refractivity contribution >= 4 is 23.4 Å². The molecule has 92 valence electrons. The maximum absolute atomic E-state index is 11.2. The molecule has 17 heavy (non-hydrogen) atoms. The van der Waals surface area contributed by atoms with E-state index in [1.165, 1.54) is 6.92 Å². The highest BCUT2D eigenvalue weighted by molar-refractivity contribution is 6.31. The van der Waals surface area contributed by atoms with Crippen molar-refractivity contribution < 1.29 is 14.4 Å². The number of halogens is 1. The number of hydrogen-bond acceptors (Lipinski definition) is 3. The first kappa shape index (κ1) is 13.5. The molecule has 0 bridgehead atoms. The normalized spacial score (nSPS) is 10.0. The van der Waals surface area contributed by atoms with Gasteiger partial charge in [0.2, 0.25) is 11.8 Å². The Morgan fingerprint density at radius 2 is 2.18 bits per heavy atom. The molecule has 0 radical (unpaired) electrons. The zero-order valence-corrected chi connectivity index (χ0v) is 10.1. The number of amides is 2. The minimum atomic E-state index is -0.540. The number of benzene rings is 1. The fourth-order valence-electron chi connectivity index (χ4n) is 1.35. The first-order valence-electron chi connectivity index (χ1n) is 4.98. The van der Waals surface area contributed by atoms with Gasteiger partial charge in [-0.3, -0.25) is 14.4 Å². The molecule has 1 aromatic carbocycles. The number of nitrogens with one attached hydrogen (secondary N) is 1. The number of primary amides is 1. The van der Waals surface area contributed by atoms with E-state index in [1.54, 1.807) is 18.2 Å². The fourth-order valence-corrected chi connectivity index (χ4v) is 1.62. The molecule has 5 nitrogen and oxygen atoms in total. The van der Waals surface area contributed by atoms with Crippen LogP contribution in [0.1, 0.15) is 22.8 Å². The van der Waals surface area contributed by atoms with E-state index in [9.17, 15) is 9.59 Å². The Hall–Kier alpha value is -1.59. The Bertz CT molecular complexity index is 435. The first-order chi connectivity index (χ1) is 8.02. The molecular formula is C11H13ClN2O3. The van der Waals surface area contributed by atoms with Gasteiger partial charge in [0, 0.05) is 23.9 Å². The van der Waals surface area contributed by atoms with Crippen LogP contribution in [-0.2, 0) is 16.1 Å². The lowest BCUT2D eigenvalue weighted by atomic mass is 10.0. The van der Waals surface area contributed by atoms with E-state index >= 15 is 0 Å². The summed E-state index contributed by atoms with van der Waals surface area (Å²) in [6, 6.07) is 4.92. The van der Waals surface area contributed by atoms with Crippen LogP contribution in [0, 0.1) is 0 Å². The molecule has 0 atom stereocenters. The number of carbonyl (C=O) groups is 2. The Morgan fingerprint density at radius 1 is 1.47 bits per heavy atom. The van der Waals surface area contributed by atoms with Crippen LogP contribution in [0.4, 0.5) is 0 Å². The molecule has 0 saturated heterocycles. The molecule has 0 aliphatic rings. The van der Waals surface area contributed by atoms with Crippen LogP contribution < -0.4 is 11.2 Å². The Morgan fingerprint density at radius 3 is 2.76 bits per heavy atom. The summed E-state index contributed by atoms with van der Waals surface area (Å²) in [7, 11) is 0. The van der Waals surface area contributed by atoms with Gasteiger partial charge in [-0.2, -0.15) is 0 Å². The van der Waals surface area contributed by atoms with Crippen LogP contribution in [0.15, 0.2) is 18.2 Å². The van der Waals surface area contributed by atoms with Gasteiger partial charge in [0.25, 0.3) is 0 Å². The summed E-state index contributed by atoms with van der Waals surface area (Å²) in [4.78, 5) is 26.6. The smallest absolute Gasteiger partial charge is 0.249 e. The summed E-state index contributed by atoms with van der Waals surface area (Å²) in [5.74, 6) is -0.832. The lowest BCUT2D eigenvalue weighted by Gasteiger charge is -2.09. The maximum atomic E-state index is 11.2. The molecule has 0 aliphatic heterocycles. The predicted octanol–water partition coefficient (Wildman–Crippen LogP) is 1.05. The second-order valence-corrected chi connectivity index (χ2v) is 3.79. The second-order valence-electron chi connectivity index (χ2n) is 3.39. The molecule has 0 aromatic heterocycles. The average Bonchev–Trinajstić information content (AvgIpc) is 2.25. The molecule has 3 N–H and O–H groups in total. The maximum Gasteiger partial charge on any atom is 0.249 e. The van der Waals surface area contributed by atoms with Gasteiger partial charge in [0.15, 0.2) is 0 Å². The lowest BCUT2D eigenvalue weighted by molar-refractivity contribution is -0.131. The van der Waals surface area contributed by atoms with E-state index in [1.807, 2.05) is 0 Å². The van der Waals surface area contributed by atoms with Crippen molar-refractivity contribution in [2.75, 3.05) is 6.61 Å². The van der Waals surface area contributed by atoms with Crippen molar-refractivity contribution in [2.24, 2.45) is 5.73 Å². The van der Waals surface area contributed by atoms with E-state index in [0.717, 1.165) is 0 Å². The van der Waals surface area contributed by atoms with E-state index in [4.69, 9.17) is 22.2 Å². The van der Waals surface area contributed by atoms with Crippen LogP contribution in [0.5, 0.6) is 0 Å². The van der Waals surface area contributed by atoms with E-state index < -0.39 is 5.91 Å². The highest BCUT2D eigenvalue weighted by atomic mass is 35.5. The summed E-state index contributed by atoms with van der Waals surface area (Å²) in [6.45, 7) is 1.55. The second kappa shape index (κ2) is 6.22. The molecule has 0 heterocycles. The fraction of sp³-hybridized carbons (Fsp3) is 0.273. The van der Waals surface area contributed by atoms with Crippen LogP contribution in [0.3, 0.4) is 0 Å². The Balaban J connectivity index is 2.69. The van der Waals surface area contributed by atoms with Gasteiger partial charge in [0.1, 0.15) is 0 Å². The van der Waals surface area contributed by atoms with E-state index in [-0.39, 0.29) is 12.5 Å². The lowest BCUT2D eigenvalue weighted by Crippen LogP contribution is -2.22. The van der Waals surface area contributed by atoms with Crippen molar-refractivity contribution in [3.8, 4) is 0 Å². The third-order valence-electron chi connectivity index (χ3n) is 2.05. The number of rotatable bonds is 5. The van der Waals surface area contributed by atoms with Crippen molar-refractivity contribution in [1.29, 1.82) is 0 Å². The molecule has 1 rings (SSSR count). The SMILES string of the molecule is CC(=O)NOCCc1c(Cl)cccc1C(N)=O. The van der Waals surface area contributed by atoms with Gasteiger partial charge in [-0.05, 0) is 17.7 Å². The summed E-state index contributed by atoms with van der Waals surface area (Å²) in [5.41, 5.74) is 8.40. The van der Waals surface area contributed by atoms with Crippen LogP contribution >= 0.6 is 11.6 Å². The number of hydroxylamine groups is 1. The van der Waals surface area contributed by atoms with Crippen molar-refractivity contribution in [1.82, 2.24) is 5.48 Å². The number of hydrogen-bond donors (Lipinski definition) is 2. The van der Waals surface area contributed by atoms with Gasteiger partial charge in [-0.15, -0.1) is 0 Å². The van der Waals surface area contributed by atoms with Gasteiger partial charge >= 0.3 is 0 Å². The third kappa shape index (κ3) is 4.05. The standard InChI is InChI=1S/C11H13ClN2O3/c1-7(15)14-17-6-5-8-9(11(13)16)3-2-4-10(8)12/h2-4H,5-6H2,1H3,(H2,13,16)(H,14,15). The zero-order valence-electron chi connectivity index (χ0n) is 9.33. The minimum absolute atomic E-state index is 0.212. The summed E-state index contributed by atoms with van der Waals surface area (Å²) in [5, 5.41) is 0.452.